The van der Waals surface area contributed by atoms with E-state index in [0.717, 1.165) is 48.3 Å². The average Bonchev–Trinajstić information content (AvgIpc) is 2.62. The third kappa shape index (κ3) is 3.68. The maximum atomic E-state index is 12.6. The number of ether oxygens (including phenoxy) is 1. The first-order valence-corrected chi connectivity index (χ1v) is 8.51. The van der Waals surface area contributed by atoms with Gasteiger partial charge in [-0.2, -0.15) is 0 Å². The number of hydrogen-bond donors (Lipinski definition) is 2. The molecule has 2 N–H and O–H groups in total. The van der Waals surface area contributed by atoms with Crippen LogP contribution in [0.3, 0.4) is 0 Å². The van der Waals surface area contributed by atoms with Crippen LogP contribution in [0.1, 0.15) is 18.4 Å². The number of nitrogens with zero attached hydrogens (tertiary/aromatic N) is 1. The number of nitrogens with one attached hydrogen (secondary N) is 2. The Kier molecular flexibility index (Phi) is 5.02. The molecular weight excluding hydrogens is 302 g/mol. The molecule has 1 saturated heterocycles. The lowest BCUT2D eigenvalue weighted by molar-refractivity contribution is -0.884. The summed E-state index contributed by atoms with van der Waals surface area (Å²) in [7, 11) is 3.85. The maximum absolute atomic E-state index is 12.6. The van der Waals surface area contributed by atoms with E-state index in [9.17, 15) is 4.79 Å². The number of methoxy groups -OCH3 is 1. The number of quaternary nitrogens is 1. The van der Waals surface area contributed by atoms with Gasteiger partial charge in [-0.05, 0) is 35.4 Å². The van der Waals surface area contributed by atoms with Crippen LogP contribution in [-0.2, 0) is 4.79 Å². The smallest absolute Gasteiger partial charge is 0.241 e. The minimum Gasteiger partial charge on any atom is -0.497 e. The van der Waals surface area contributed by atoms with Gasteiger partial charge >= 0.3 is 0 Å². The molecule has 3 rings (SSSR count). The van der Waals surface area contributed by atoms with E-state index in [4.69, 9.17) is 4.74 Å². The summed E-state index contributed by atoms with van der Waals surface area (Å²) in [6.07, 6.45) is 0. The summed E-state index contributed by atoms with van der Waals surface area (Å²) in [5, 5.41) is 4.28. The van der Waals surface area contributed by atoms with E-state index >= 15 is 0 Å². The Hall–Kier alpha value is -2.11. The highest BCUT2D eigenvalue weighted by atomic mass is 16.5. The number of benzene rings is 2. The summed E-state index contributed by atoms with van der Waals surface area (Å²) in [6, 6.07) is 12.2. The van der Waals surface area contributed by atoms with Gasteiger partial charge in [0.25, 0.3) is 0 Å². The second-order valence-electron chi connectivity index (χ2n) is 6.61. The van der Waals surface area contributed by atoms with E-state index in [-0.39, 0.29) is 11.8 Å². The van der Waals surface area contributed by atoms with Crippen LogP contribution < -0.4 is 15.1 Å². The summed E-state index contributed by atoms with van der Waals surface area (Å²) in [6.45, 7) is 5.89. The van der Waals surface area contributed by atoms with E-state index in [0.29, 0.717) is 0 Å². The predicted molar refractivity (Wildman–Crippen MR) is 95.3 cm³/mol. The molecule has 5 nitrogen and oxygen atoms in total. The number of hydrazine groups is 1. The Morgan fingerprint density at radius 2 is 1.83 bits per heavy atom. The molecular formula is C19H26N3O2+. The molecule has 2 aromatic carbocycles. The summed E-state index contributed by atoms with van der Waals surface area (Å²) in [4.78, 5) is 14.1. The van der Waals surface area contributed by atoms with Crippen molar-refractivity contribution in [3.8, 4) is 5.75 Å². The van der Waals surface area contributed by atoms with Gasteiger partial charge < -0.3 is 9.64 Å². The Balaban J connectivity index is 1.70. The topological polar surface area (TPSA) is 46.0 Å². The second-order valence-corrected chi connectivity index (χ2v) is 6.61. The van der Waals surface area contributed by atoms with Gasteiger partial charge in [-0.1, -0.05) is 24.3 Å². The summed E-state index contributed by atoms with van der Waals surface area (Å²) < 4.78 is 5.26. The molecule has 2 aromatic rings. The summed E-state index contributed by atoms with van der Waals surface area (Å²) in [5.41, 5.74) is 4.10. The molecule has 0 radical (unpaired) electrons. The van der Waals surface area contributed by atoms with Crippen molar-refractivity contribution < 1.29 is 14.4 Å². The van der Waals surface area contributed by atoms with E-state index < -0.39 is 0 Å². The number of hydrogen-bond acceptors (Lipinski definition) is 3. The minimum atomic E-state index is -0.177. The minimum absolute atomic E-state index is 0.0578. The third-order valence-corrected chi connectivity index (χ3v) is 4.85. The first kappa shape index (κ1) is 16.7. The zero-order valence-electron chi connectivity index (χ0n) is 14.6. The van der Waals surface area contributed by atoms with E-state index in [1.807, 2.05) is 36.2 Å². The van der Waals surface area contributed by atoms with Crippen LogP contribution in [0.15, 0.2) is 36.4 Å². The predicted octanol–water partition coefficient (Wildman–Crippen LogP) is 0.813. The number of carbonyl (C=O) groups excluding carboxylic acids is 1. The van der Waals surface area contributed by atoms with Gasteiger partial charge in [-0.3, -0.25) is 10.2 Å². The number of carbonyl (C=O) groups is 1. The third-order valence-electron chi connectivity index (χ3n) is 4.85. The van der Waals surface area contributed by atoms with E-state index in [1.165, 1.54) is 4.90 Å². The van der Waals surface area contributed by atoms with Crippen molar-refractivity contribution in [3.63, 3.8) is 0 Å². The molecule has 0 spiro atoms. The number of rotatable bonds is 4. The molecule has 1 aliphatic heterocycles. The van der Waals surface area contributed by atoms with Crippen molar-refractivity contribution in [1.82, 2.24) is 10.4 Å². The van der Waals surface area contributed by atoms with Gasteiger partial charge in [-0.15, -0.1) is 0 Å². The van der Waals surface area contributed by atoms with Gasteiger partial charge in [-0.25, -0.2) is 5.01 Å². The fourth-order valence-corrected chi connectivity index (χ4v) is 3.04. The molecule has 1 aliphatic rings. The summed E-state index contributed by atoms with van der Waals surface area (Å²) >= 11 is 0. The highest BCUT2D eigenvalue weighted by molar-refractivity contribution is 5.88. The molecule has 24 heavy (non-hydrogen) atoms. The first-order valence-electron chi connectivity index (χ1n) is 8.51. The molecule has 0 bridgehead atoms. The highest BCUT2D eigenvalue weighted by Gasteiger charge is 2.22. The SMILES string of the molecule is COc1ccc2cc([C@H](C)C(=O)NN3CC[NH+](C)CC3)ccc2c1. The Bertz CT molecular complexity index is 724. The monoisotopic (exact) mass is 328 g/mol. The molecule has 1 heterocycles. The van der Waals surface area contributed by atoms with E-state index in [1.54, 1.807) is 7.11 Å². The number of fused-ring (bicyclic) bond motifs is 1. The van der Waals surface area contributed by atoms with Crippen molar-refractivity contribution in [2.45, 2.75) is 12.8 Å². The van der Waals surface area contributed by atoms with Crippen LogP contribution in [0.25, 0.3) is 10.8 Å². The van der Waals surface area contributed by atoms with Crippen LogP contribution in [0, 0.1) is 0 Å². The first-order chi connectivity index (χ1) is 11.6. The molecule has 0 saturated carbocycles. The second kappa shape index (κ2) is 7.20. The summed E-state index contributed by atoms with van der Waals surface area (Å²) in [5.74, 6) is 0.726. The maximum Gasteiger partial charge on any atom is 0.241 e. The normalized spacial score (nSPS) is 17.6. The van der Waals surface area contributed by atoms with Crippen molar-refractivity contribution in [3.05, 3.63) is 42.0 Å². The van der Waals surface area contributed by atoms with Crippen LogP contribution in [-0.4, -0.2) is 51.3 Å². The zero-order chi connectivity index (χ0) is 17.1. The van der Waals surface area contributed by atoms with Crippen molar-refractivity contribution in [2.24, 2.45) is 0 Å². The standard InChI is InChI=1S/C19H25N3O2/c1-14(19(23)20-22-10-8-21(2)9-11-22)15-4-5-17-13-18(24-3)7-6-16(17)12-15/h4-7,12-14H,8-11H2,1-3H3,(H,20,23)/p+1/t14-/m0/s1. The van der Waals surface area contributed by atoms with E-state index in [2.05, 4.69) is 24.6 Å². The molecule has 1 fully saturated rings. The fourth-order valence-electron chi connectivity index (χ4n) is 3.04. The van der Waals surface area contributed by atoms with Crippen molar-refractivity contribution in [1.29, 1.82) is 0 Å². The van der Waals surface area contributed by atoms with Gasteiger partial charge in [0.2, 0.25) is 5.91 Å². The highest BCUT2D eigenvalue weighted by Crippen LogP contribution is 2.25. The van der Waals surface area contributed by atoms with Gasteiger partial charge in [0.05, 0.1) is 46.3 Å². The van der Waals surface area contributed by atoms with Crippen LogP contribution >= 0.6 is 0 Å². The van der Waals surface area contributed by atoms with Crippen molar-refractivity contribution >= 4 is 16.7 Å². The number of amides is 1. The number of piperazine rings is 1. The molecule has 5 heteroatoms. The number of likely N-dealkylation sites (N-methyl/N-ethyl adjacent to an activating group) is 1. The van der Waals surface area contributed by atoms with Gasteiger partial charge in [0.15, 0.2) is 0 Å². The van der Waals surface area contributed by atoms with Crippen molar-refractivity contribution in [2.75, 3.05) is 40.3 Å². The Labute approximate surface area is 143 Å². The molecule has 1 atom stereocenters. The van der Waals surface area contributed by atoms with Gasteiger partial charge in [0.1, 0.15) is 5.75 Å². The molecule has 0 aliphatic carbocycles. The Morgan fingerprint density at radius 1 is 1.17 bits per heavy atom. The average molecular weight is 328 g/mol. The zero-order valence-corrected chi connectivity index (χ0v) is 14.6. The fraction of sp³-hybridized carbons (Fsp3) is 0.421. The van der Waals surface area contributed by atoms with Crippen LogP contribution in [0.5, 0.6) is 5.75 Å². The lowest BCUT2D eigenvalue weighted by atomic mass is 9.97. The molecule has 0 unspecified atom stereocenters. The van der Waals surface area contributed by atoms with Crippen LogP contribution in [0.2, 0.25) is 0 Å². The lowest BCUT2D eigenvalue weighted by Crippen LogP contribution is -3.12. The van der Waals surface area contributed by atoms with Gasteiger partial charge in [0, 0.05) is 0 Å². The largest absolute Gasteiger partial charge is 0.497 e. The molecule has 128 valence electrons. The quantitative estimate of drug-likeness (QED) is 0.873. The Morgan fingerprint density at radius 3 is 2.54 bits per heavy atom. The van der Waals surface area contributed by atoms with Crippen LogP contribution in [0.4, 0.5) is 0 Å². The lowest BCUT2D eigenvalue weighted by Gasteiger charge is -2.31. The molecule has 1 amide bonds. The molecule has 0 aromatic heterocycles.